The van der Waals surface area contributed by atoms with Crippen molar-refractivity contribution in [1.82, 2.24) is 20.6 Å². The predicted molar refractivity (Wildman–Crippen MR) is 86.5 cm³/mol. The van der Waals surface area contributed by atoms with Crippen LogP contribution in [-0.4, -0.2) is 61.3 Å². The molecule has 0 atom stereocenters. The fraction of sp³-hybridized carbons (Fsp3) is 0.400. The summed E-state index contributed by atoms with van der Waals surface area (Å²) in [6.45, 7) is 1.55. The second kappa shape index (κ2) is 8.62. The molecule has 2 N–H and O–H groups in total. The summed E-state index contributed by atoms with van der Waals surface area (Å²) in [4.78, 5) is 44.8. The first-order chi connectivity index (χ1) is 12.0. The first-order valence-electron chi connectivity index (χ1n) is 7.59. The second-order valence-electron chi connectivity index (χ2n) is 5.05. The number of hydrogen-bond acceptors (Lipinski definition) is 8. The zero-order chi connectivity index (χ0) is 18.2. The van der Waals surface area contributed by atoms with Crippen LogP contribution in [0.3, 0.4) is 0 Å². The molecular formula is C15H19N5O5. The Kier molecular flexibility index (Phi) is 6.26. The van der Waals surface area contributed by atoms with Crippen molar-refractivity contribution < 1.29 is 23.9 Å². The summed E-state index contributed by atoms with van der Waals surface area (Å²) in [5.74, 6) is -0.754. The van der Waals surface area contributed by atoms with E-state index in [2.05, 4.69) is 20.6 Å². The Hall–Kier alpha value is -3.17. The van der Waals surface area contributed by atoms with Gasteiger partial charge in [-0.25, -0.2) is 19.6 Å². The number of aromatic nitrogens is 2. The number of carbonyl (C=O) groups is 3. The van der Waals surface area contributed by atoms with Crippen molar-refractivity contribution in [1.29, 1.82) is 0 Å². The molecule has 1 aromatic rings. The van der Waals surface area contributed by atoms with Crippen LogP contribution in [0, 0.1) is 0 Å². The number of rotatable bonds is 7. The van der Waals surface area contributed by atoms with Gasteiger partial charge in [-0.05, 0) is 13.0 Å². The van der Waals surface area contributed by atoms with Crippen LogP contribution in [0.1, 0.15) is 6.92 Å². The molecular weight excluding hydrogens is 330 g/mol. The number of amides is 2. The lowest BCUT2D eigenvalue weighted by Gasteiger charge is -2.21. The summed E-state index contributed by atoms with van der Waals surface area (Å²) >= 11 is 0. The summed E-state index contributed by atoms with van der Waals surface area (Å²) < 4.78 is 10.1. The SMILES string of the molecule is CCOC(=O)C1=C(COC(=O)CN(C)c2ncccn2)NC(=O)NC1. The molecule has 10 nitrogen and oxygen atoms in total. The maximum atomic E-state index is 12.0. The van der Waals surface area contributed by atoms with Crippen molar-refractivity contribution in [3.63, 3.8) is 0 Å². The molecule has 1 aliphatic heterocycles. The normalized spacial score (nSPS) is 13.6. The molecule has 0 saturated heterocycles. The molecule has 0 unspecified atom stereocenters. The Labute approximate surface area is 144 Å². The van der Waals surface area contributed by atoms with Crippen LogP contribution in [0.4, 0.5) is 10.7 Å². The van der Waals surface area contributed by atoms with E-state index in [-0.39, 0.29) is 37.6 Å². The molecule has 0 aromatic carbocycles. The van der Waals surface area contributed by atoms with E-state index < -0.39 is 18.0 Å². The van der Waals surface area contributed by atoms with E-state index in [4.69, 9.17) is 9.47 Å². The first-order valence-corrected chi connectivity index (χ1v) is 7.59. The number of esters is 2. The van der Waals surface area contributed by atoms with Gasteiger partial charge in [0.1, 0.15) is 13.2 Å². The quantitative estimate of drug-likeness (QED) is 0.637. The second-order valence-corrected chi connectivity index (χ2v) is 5.05. The first kappa shape index (κ1) is 18.2. The van der Waals surface area contributed by atoms with Crippen LogP contribution < -0.4 is 15.5 Å². The highest BCUT2D eigenvalue weighted by atomic mass is 16.5. The number of ether oxygens (including phenoxy) is 2. The number of anilines is 1. The van der Waals surface area contributed by atoms with Gasteiger partial charge in [-0.1, -0.05) is 0 Å². The third-order valence-electron chi connectivity index (χ3n) is 3.21. The molecule has 0 saturated carbocycles. The maximum Gasteiger partial charge on any atom is 0.337 e. The molecule has 2 heterocycles. The molecule has 0 radical (unpaired) electrons. The number of nitrogens with one attached hydrogen (secondary N) is 2. The summed E-state index contributed by atoms with van der Waals surface area (Å²) in [7, 11) is 1.65. The van der Waals surface area contributed by atoms with Crippen molar-refractivity contribution in [3.05, 3.63) is 29.7 Å². The summed E-state index contributed by atoms with van der Waals surface area (Å²) in [6, 6.07) is 1.19. The van der Waals surface area contributed by atoms with E-state index in [1.807, 2.05) is 0 Å². The van der Waals surface area contributed by atoms with Gasteiger partial charge in [-0.2, -0.15) is 0 Å². The molecule has 1 aliphatic rings. The number of likely N-dealkylation sites (N-methyl/N-ethyl adjacent to an activating group) is 1. The Morgan fingerprint density at radius 2 is 2.00 bits per heavy atom. The van der Waals surface area contributed by atoms with Gasteiger partial charge in [-0.15, -0.1) is 0 Å². The van der Waals surface area contributed by atoms with E-state index in [0.717, 1.165) is 0 Å². The van der Waals surface area contributed by atoms with Crippen LogP contribution in [0.2, 0.25) is 0 Å². The summed E-state index contributed by atoms with van der Waals surface area (Å²) in [5, 5.41) is 4.93. The van der Waals surface area contributed by atoms with Gasteiger partial charge in [0.25, 0.3) is 0 Å². The maximum absolute atomic E-state index is 12.0. The predicted octanol–water partition coefficient (Wildman–Crippen LogP) is -0.414. The average Bonchev–Trinajstić information content (AvgIpc) is 2.61. The number of urea groups is 1. The van der Waals surface area contributed by atoms with Crippen LogP contribution >= 0.6 is 0 Å². The van der Waals surface area contributed by atoms with Gasteiger partial charge in [-0.3, -0.25) is 4.79 Å². The fourth-order valence-corrected chi connectivity index (χ4v) is 2.02. The van der Waals surface area contributed by atoms with Crippen LogP contribution in [0.25, 0.3) is 0 Å². The van der Waals surface area contributed by atoms with Crippen molar-refractivity contribution in [2.45, 2.75) is 6.92 Å². The topological polar surface area (TPSA) is 123 Å². The lowest BCUT2D eigenvalue weighted by Crippen LogP contribution is -2.45. The van der Waals surface area contributed by atoms with Gasteiger partial charge >= 0.3 is 18.0 Å². The van der Waals surface area contributed by atoms with E-state index in [1.54, 1.807) is 32.4 Å². The lowest BCUT2D eigenvalue weighted by atomic mass is 10.2. The third kappa shape index (κ3) is 5.16. The molecule has 134 valence electrons. The highest BCUT2D eigenvalue weighted by Crippen LogP contribution is 2.09. The minimum absolute atomic E-state index is 0.00923. The molecule has 1 aromatic heterocycles. The highest BCUT2D eigenvalue weighted by molar-refractivity contribution is 5.93. The van der Waals surface area contributed by atoms with Crippen molar-refractivity contribution in [2.75, 3.05) is 38.3 Å². The van der Waals surface area contributed by atoms with Gasteiger partial charge in [0.15, 0.2) is 0 Å². The fourth-order valence-electron chi connectivity index (χ4n) is 2.02. The number of hydrogen-bond donors (Lipinski definition) is 2. The van der Waals surface area contributed by atoms with Crippen molar-refractivity contribution >= 4 is 23.9 Å². The smallest absolute Gasteiger partial charge is 0.337 e. The summed E-state index contributed by atoms with van der Waals surface area (Å²) in [6.07, 6.45) is 3.12. The monoisotopic (exact) mass is 349 g/mol. The van der Waals surface area contributed by atoms with Gasteiger partial charge in [0.05, 0.1) is 24.4 Å². The Morgan fingerprint density at radius 3 is 2.68 bits per heavy atom. The Bertz CT molecular complexity index is 676. The van der Waals surface area contributed by atoms with Gasteiger partial charge < -0.3 is 25.0 Å². The molecule has 2 rings (SSSR count). The molecule has 0 bridgehead atoms. The summed E-state index contributed by atoms with van der Waals surface area (Å²) in [5.41, 5.74) is 0.420. The van der Waals surface area contributed by atoms with E-state index >= 15 is 0 Å². The molecule has 0 spiro atoms. The molecule has 2 amide bonds. The zero-order valence-electron chi connectivity index (χ0n) is 13.9. The number of carbonyl (C=O) groups excluding carboxylic acids is 3. The number of nitrogens with zero attached hydrogens (tertiary/aromatic N) is 3. The van der Waals surface area contributed by atoms with Gasteiger partial charge in [0.2, 0.25) is 5.95 Å². The molecule has 25 heavy (non-hydrogen) atoms. The molecule has 0 fully saturated rings. The van der Waals surface area contributed by atoms with Crippen molar-refractivity contribution in [3.8, 4) is 0 Å². The zero-order valence-corrected chi connectivity index (χ0v) is 13.9. The minimum Gasteiger partial charge on any atom is -0.463 e. The van der Waals surface area contributed by atoms with Crippen molar-refractivity contribution in [2.24, 2.45) is 0 Å². The Morgan fingerprint density at radius 1 is 1.28 bits per heavy atom. The highest BCUT2D eigenvalue weighted by Gasteiger charge is 2.24. The van der Waals surface area contributed by atoms with Crippen LogP contribution in [0.15, 0.2) is 29.7 Å². The average molecular weight is 349 g/mol. The standard InChI is InChI=1S/C15H19N5O5/c1-3-24-13(22)10-7-18-15(23)19-11(10)9-25-12(21)8-20(2)14-16-5-4-6-17-14/h4-6H,3,7-9H2,1-2H3,(H2,18,19,23). The van der Waals surface area contributed by atoms with E-state index in [0.29, 0.717) is 5.95 Å². The van der Waals surface area contributed by atoms with Gasteiger partial charge in [0, 0.05) is 19.4 Å². The van der Waals surface area contributed by atoms with E-state index in [9.17, 15) is 14.4 Å². The Balaban J connectivity index is 1.96. The van der Waals surface area contributed by atoms with Crippen LogP contribution in [-0.2, 0) is 19.1 Å². The largest absolute Gasteiger partial charge is 0.463 e. The third-order valence-corrected chi connectivity index (χ3v) is 3.21. The minimum atomic E-state index is -0.573. The lowest BCUT2D eigenvalue weighted by molar-refractivity contribution is -0.142. The van der Waals surface area contributed by atoms with E-state index in [1.165, 1.54) is 4.90 Å². The molecule has 10 heteroatoms. The van der Waals surface area contributed by atoms with Crippen LogP contribution in [0.5, 0.6) is 0 Å². The molecule has 0 aliphatic carbocycles.